The second kappa shape index (κ2) is 8.53. The third kappa shape index (κ3) is 4.35. The van der Waals surface area contributed by atoms with Crippen LogP contribution in [0.1, 0.15) is 41.4 Å². The molecule has 152 valence electrons. The highest BCUT2D eigenvalue weighted by Crippen LogP contribution is 2.26. The normalized spacial score (nSPS) is 19.9. The number of fused-ring (bicyclic) bond motifs is 2. The van der Waals surface area contributed by atoms with Crippen LogP contribution in [0.5, 0.6) is 11.6 Å². The Labute approximate surface area is 169 Å². The molecule has 2 aliphatic rings. The Morgan fingerprint density at radius 1 is 1.45 bits per heavy atom. The number of nitrogens with one attached hydrogen (secondary N) is 1. The fourth-order valence-corrected chi connectivity index (χ4v) is 3.55. The van der Waals surface area contributed by atoms with Crippen LogP contribution in [0.2, 0.25) is 0 Å². The first-order valence-corrected chi connectivity index (χ1v) is 9.95. The third-order valence-electron chi connectivity index (χ3n) is 5.01. The summed E-state index contributed by atoms with van der Waals surface area (Å²) in [6.45, 7) is 4.41. The van der Waals surface area contributed by atoms with Gasteiger partial charge in [-0.15, -0.1) is 0 Å². The minimum atomic E-state index is -0.261. The van der Waals surface area contributed by atoms with E-state index in [0.717, 1.165) is 30.8 Å². The van der Waals surface area contributed by atoms with Crippen LogP contribution in [-0.2, 0) is 17.7 Å². The second-order valence-electron chi connectivity index (χ2n) is 7.31. The summed E-state index contributed by atoms with van der Waals surface area (Å²) in [5.74, 6) is 1.09. The molecule has 1 aromatic heterocycles. The Hall–Kier alpha value is -3.05. The lowest BCUT2D eigenvalue weighted by atomic mass is 10.0. The predicted octanol–water partition coefficient (Wildman–Crippen LogP) is 2.07. The maximum absolute atomic E-state index is 12.7. The van der Waals surface area contributed by atoms with Gasteiger partial charge in [-0.05, 0) is 36.6 Å². The predicted molar refractivity (Wildman–Crippen MR) is 104 cm³/mol. The molecule has 0 aliphatic carbocycles. The van der Waals surface area contributed by atoms with Gasteiger partial charge in [0.25, 0.3) is 5.91 Å². The molecule has 0 spiro atoms. The Kier molecular flexibility index (Phi) is 5.67. The van der Waals surface area contributed by atoms with Gasteiger partial charge in [-0.2, -0.15) is 10.4 Å². The number of aromatic nitrogens is 2. The van der Waals surface area contributed by atoms with E-state index in [4.69, 9.17) is 19.5 Å². The number of carbonyl (C=O) groups excluding carboxylic acids is 1. The van der Waals surface area contributed by atoms with Crippen molar-refractivity contribution in [3.8, 4) is 17.7 Å². The van der Waals surface area contributed by atoms with Crippen molar-refractivity contribution in [2.75, 3.05) is 19.8 Å². The van der Waals surface area contributed by atoms with Crippen LogP contribution in [0, 0.1) is 11.3 Å². The number of carbonyl (C=O) groups is 1. The molecule has 1 aromatic carbocycles. The van der Waals surface area contributed by atoms with Gasteiger partial charge in [0.05, 0.1) is 24.3 Å². The zero-order valence-corrected chi connectivity index (χ0v) is 16.4. The molecule has 8 heteroatoms. The van der Waals surface area contributed by atoms with Gasteiger partial charge in [-0.25, -0.2) is 4.68 Å². The first-order valence-electron chi connectivity index (χ1n) is 9.95. The Morgan fingerprint density at radius 3 is 3.17 bits per heavy atom. The lowest BCUT2D eigenvalue weighted by Gasteiger charge is -2.25. The average Bonchev–Trinajstić information content (AvgIpc) is 3.17. The van der Waals surface area contributed by atoms with Gasteiger partial charge < -0.3 is 19.5 Å². The highest BCUT2D eigenvalue weighted by Gasteiger charge is 2.26. The van der Waals surface area contributed by atoms with Crippen molar-refractivity contribution in [3.05, 3.63) is 41.1 Å². The van der Waals surface area contributed by atoms with Gasteiger partial charge in [0, 0.05) is 25.6 Å². The fourth-order valence-electron chi connectivity index (χ4n) is 3.55. The van der Waals surface area contributed by atoms with Crippen LogP contribution in [-0.4, -0.2) is 47.7 Å². The summed E-state index contributed by atoms with van der Waals surface area (Å²) in [7, 11) is 0. The first kappa shape index (κ1) is 19.3. The number of hydrogen-bond donors (Lipinski definition) is 1. The number of amides is 1. The SMILES string of the molecule is CCCOC[C@@H]1CCn2nc(C(=O)N[C@H]3COc4ccc(C#N)cc4C3)cc2O1. The summed E-state index contributed by atoms with van der Waals surface area (Å²) in [4.78, 5) is 12.7. The highest BCUT2D eigenvalue weighted by atomic mass is 16.5. The van der Waals surface area contributed by atoms with E-state index in [1.165, 1.54) is 0 Å². The zero-order chi connectivity index (χ0) is 20.2. The van der Waals surface area contributed by atoms with E-state index in [1.807, 2.05) is 0 Å². The van der Waals surface area contributed by atoms with E-state index in [-0.39, 0.29) is 18.1 Å². The van der Waals surface area contributed by atoms with Crippen molar-refractivity contribution in [2.24, 2.45) is 0 Å². The van der Waals surface area contributed by atoms with E-state index < -0.39 is 0 Å². The topological polar surface area (TPSA) is 98.4 Å². The largest absolute Gasteiger partial charge is 0.491 e. The molecule has 4 rings (SSSR count). The molecule has 29 heavy (non-hydrogen) atoms. The monoisotopic (exact) mass is 396 g/mol. The Balaban J connectivity index is 1.37. The molecular formula is C21H24N4O4. The molecule has 0 fully saturated rings. The molecule has 0 bridgehead atoms. The van der Waals surface area contributed by atoms with Gasteiger partial charge in [0.2, 0.25) is 5.88 Å². The maximum atomic E-state index is 12.7. The number of rotatable bonds is 6. The van der Waals surface area contributed by atoms with Crippen molar-refractivity contribution in [1.82, 2.24) is 15.1 Å². The van der Waals surface area contributed by atoms with Crippen LogP contribution >= 0.6 is 0 Å². The van der Waals surface area contributed by atoms with Crippen LogP contribution < -0.4 is 14.8 Å². The molecule has 0 saturated heterocycles. The Morgan fingerprint density at radius 2 is 2.34 bits per heavy atom. The fraction of sp³-hybridized carbons (Fsp3) is 0.476. The van der Waals surface area contributed by atoms with Crippen LogP contribution in [0.15, 0.2) is 24.3 Å². The summed E-state index contributed by atoms with van der Waals surface area (Å²) in [5, 5.41) is 16.4. The molecule has 0 unspecified atom stereocenters. The quantitative estimate of drug-likeness (QED) is 0.751. The number of benzene rings is 1. The number of aryl methyl sites for hydroxylation is 1. The van der Waals surface area contributed by atoms with E-state index >= 15 is 0 Å². The smallest absolute Gasteiger partial charge is 0.272 e. The summed E-state index contributed by atoms with van der Waals surface area (Å²) in [5.41, 5.74) is 1.82. The van der Waals surface area contributed by atoms with Crippen molar-refractivity contribution in [3.63, 3.8) is 0 Å². The lowest BCUT2D eigenvalue weighted by molar-refractivity contribution is 0.0262. The molecule has 2 aromatic rings. The van der Waals surface area contributed by atoms with Crippen molar-refractivity contribution >= 4 is 5.91 Å². The highest BCUT2D eigenvalue weighted by molar-refractivity contribution is 5.92. The van der Waals surface area contributed by atoms with E-state index in [9.17, 15) is 4.79 Å². The summed E-state index contributed by atoms with van der Waals surface area (Å²) < 4.78 is 18.9. The van der Waals surface area contributed by atoms with Crippen LogP contribution in [0.3, 0.4) is 0 Å². The van der Waals surface area contributed by atoms with Crippen molar-refractivity contribution in [1.29, 1.82) is 5.26 Å². The second-order valence-corrected chi connectivity index (χ2v) is 7.31. The van der Waals surface area contributed by atoms with Gasteiger partial charge in [-0.3, -0.25) is 4.79 Å². The maximum Gasteiger partial charge on any atom is 0.272 e. The van der Waals surface area contributed by atoms with Gasteiger partial charge >= 0.3 is 0 Å². The van der Waals surface area contributed by atoms with E-state index in [2.05, 4.69) is 23.4 Å². The minimum Gasteiger partial charge on any atom is -0.491 e. The Bertz CT molecular complexity index is 933. The molecule has 2 atom stereocenters. The third-order valence-corrected chi connectivity index (χ3v) is 5.01. The number of nitriles is 1. The molecular weight excluding hydrogens is 372 g/mol. The number of nitrogens with zero attached hydrogens (tertiary/aromatic N) is 3. The van der Waals surface area contributed by atoms with Crippen molar-refractivity contribution in [2.45, 2.75) is 44.9 Å². The number of ether oxygens (including phenoxy) is 3. The van der Waals surface area contributed by atoms with Gasteiger partial charge in [-0.1, -0.05) is 6.92 Å². The van der Waals surface area contributed by atoms with Crippen LogP contribution in [0.25, 0.3) is 0 Å². The standard InChI is InChI=1S/C21H24N4O4/c1-2-7-27-13-17-5-6-25-20(29-17)10-18(24-25)21(26)23-16-9-15-8-14(11-22)3-4-19(15)28-12-16/h3-4,8,10,16-17H,2,5-7,9,12-13H2,1H3,(H,23,26)/t16-,17+/m1/s1. The van der Waals surface area contributed by atoms with Gasteiger partial charge in [0.1, 0.15) is 18.5 Å². The molecule has 0 saturated carbocycles. The van der Waals surface area contributed by atoms with Crippen LogP contribution in [0.4, 0.5) is 0 Å². The zero-order valence-electron chi connectivity index (χ0n) is 16.4. The molecule has 0 radical (unpaired) electrons. The summed E-state index contributed by atoms with van der Waals surface area (Å²) >= 11 is 0. The average molecular weight is 396 g/mol. The summed E-state index contributed by atoms with van der Waals surface area (Å²) in [6, 6.07) is 8.95. The molecule has 8 nitrogen and oxygen atoms in total. The van der Waals surface area contributed by atoms with E-state index in [0.29, 0.717) is 43.3 Å². The number of hydrogen-bond acceptors (Lipinski definition) is 6. The van der Waals surface area contributed by atoms with Crippen molar-refractivity contribution < 1.29 is 19.0 Å². The molecule has 1 N–H and O–H groups in total. The summed E-state index contributed by atoms with van der Waals surface area (Å²) in [6.07, 6.45) is 2.37. The minimum absolute atomic E-state index is 0.0146. The lowest BCUT2D eigenvalue weighted by Crippen LogP contribution is -2.42. The molecule has 1 amide bonds. The first-order chi connectivity index (χ1) is 14.2. The van der Waals surface area contributed by atoms with E-state index in [1.54, 1.807) is 28.9 Å². The molecule has 2 aliphatic heterocycles. The van der Waals surface area contributed by atoms with Gasteiger partial charge in [0.15, 0.2) is 5.69 Å². The molecule has 3 heterocycles.